The summed E-state index contributed by atoms with van der Waals surface area (Å²) < 4.78 is 0. The summed E-state index contributed by atoms with van der Waals surface area (Å²) in [5, 5.41) is 2.78. The minimum absolute atomic E-state index is 0.0960. The van der Waals surface area contributed by atoms with Crippen LogP contribution in [0.1, 0.15) is 20.3 Å². The molecular formula is C10H18N2OS. The van der Waals surface area contributed by atoms with Gasteiger partial charge in [0.05, 0.1) is 11.3 Å². The van der Waals surface area contributed by atoms with Gasteiger partial charge in [0.15, 0.2) is 0 Å². The lowest BCUT2D eigenvalue weighted by atomic mass is 10.00. The van der Waals surface area contributed by atoms with Crippen molar-refractivity contribution in [2.24, 2.45) is 5.73 Å². The molecule has 0 rings (SSSR count). The number of carbonyl (C=O) groups excluding carboxylic acids is 1. The third kappa shape index (κ3) is 5.15. The van der Waals surface area contributed by atoms with Crippen LogP contribution in [-0.4, -0.2) is 29.5 Å². The predicted octanol–water partition coefficient (Wildman–Crippen LogP) is 0.596. The fourth-order valence-corrected chi connectivity index (χ4v) is 1.24. The maximum Gasteiger partial charge on any atom is 0.239 e. The average Bonchev–Trinajstić information content (AvgIpc) is 2.17. The van der Waals surface area contributed by atoms with Crippen molar-refractivity contribution < 1.29 is 4.79 Å². The zero-order valence-corrected chi connectivity index (χ0v) is 9.62. The van der Waals surface area contributed by atoms with Gasteiger partial charge in [-0.3, -0.25) is 4.79 Å². The number of amides is 1. The summed E-state index contributed by atoms with van der Waals surface area (Å²) in [6.07, 6.45) is 5.72. The highest BCUT2D eigenvalue weighted by atomic mass is 32.2. The van der Waals surface area contributed by atoms with Gasteiger partial charge in [-0.05, 0) is 13.3 Å². The van der Waals surface area contributed by atoms with Gasteiger partial charge in [0.25, 0.3) is 0 Å². The van der Waals surface area contributed by atoms with Crippen LogP contribution < -0.4 is 11.1 Å². The van der Waals surface area contributed by atoms with E-state index in [9.17, 15) is 4.79 Å². The Bertz CT molecular complexity index is 221. The molecule has 80 valence electrons. The molecule has 0 heterocycles. The quantitative estimate of drug-likeness (QED) is 0.503. The highest BCUT2D eigenvalue weighted by Crippen LogP contribution is 2.04. The molecule has 0 aliphatic rings. The molecule has 14 heavy (non-hydrogen) atoms. The van der Waals surface area contributed by atoms with E-state index in [0.29, 0.717) is 18.7 Å². The largest absolute Gasteiger partial charge is 0.354 e. The van der Waals surface area contributed by atoms with Crippen LogP contribution in [0.2, 0.25) is 0 Å². The van der Waals surface area contributed by atoms with E-state index in [2.05, 4.69) is 11.2 Å². The average molecular weight is 214 g/mol. The first kappa shape index (κ1) is 13.3. The Kier molecular flexibility index (Phi) is 6.43. The molecule has 0 fully saturated rings. The van der Waals surface area contributed by atoms with Gasteiger partial charge in [0.1, 0.15) is 0 Å². The molecule has 0 aliphatic heterocycles. The van der Waals surface area contributed by atoms with Gasteiger partial charge in [0.2, 0.25) is 5.91 Å². The molecule has 0 aromatic carbocycles. The van der Waals surface area contributed by atoms with Crippen molar-refractivity contribution in [3.05, 3.63) is 0 Å². The number of thioether (sulfide) groups is 1. The molecule has 3 N–H and O–H groups in total. The van der Waals surface area contributed by atoms with E-state index in [1.807, 2.05) is 6.92 Å². The summed E-state index contributed by atoms with van der Waals surface area (Å²) in [7, 11) is 0. The first-order valence-corrected chi connectivity index (χ1v) is 5.78. The second kappa shape index (κ2) is 6.74. The van der Waals surface area contributed by atoms with Crippen molar-refractivity contribution in [2.45, 2.75) is 25.8 Å². The van der Waals surface area contributed by atoms with E-state index in [1.165, 1.54) is 0 Å². The molecule has 1 unspecified atom stereocenters. The van der Waals surface area contributed by atoms with Crippen molar-refractivity contribution >= 4 is 17.7 Å². The Balaban J connectivity index is 3.60. The summed E-state index contributed by atoms with van der Waals surface area (Å²) in [5.41, 5.74) is 5.00. The van der Waals surface area contributed by atoms with E-state index in [0.717, 1.165) is 5.75 Å². The van der Waals surface area contributed by atoms with Crippen LogP contribution in [0.3, 0.4) is 0 Å². The van der Waals surface area contributed by atoms with Gasteiger partial charge >= 0.3 is 0 Å². The van der Waals surface area contributed by atoms with Gasteiger partial charge in [-0.1, -0.05) is 12.8 Å². The van der Waals surface area contributed by atoms with Crippen molar-refractivity contribution in [2.75, 3.05) is 18.1 Å². The lowest BCUT2D eigenvalue weighted by Gasteiger charge is -2.21. The van der Waals surface area contributed by atoms with Crippen LogP contribution in [0.25, 0.3) is 0 Å². The van der Waals surface area contributed by atoms with Crippen LogP contribution in [0, 0.1) is 12.3 Å². The zero-order valence-electron chi connectivity index (χ0n) is 8.80. The number of nitrogens with one attached hydrogen (secondary N) is 1. The Hall–Kier alpha value is -0.660. The molecule has 0 aromatic rings. The Morgan fingerprint density at radius 3 is 2.86 bits per heavy atom. The standard InChI is InChI=1S/C10H18N2OS/c1-4-7-14-8-6-12-9(13)10(3,11)5-2/h1H,5-8,11H2,2-3H3,(H,12,13). The number of rotatable bonds is 6. The van der Waals surface area contributed by atoms with Crippen molar-refractivity contribution in [3.63, 3.8) is 0 Å². The lowest BCUT2D eigenvalue weighted by molar-refractivity contribution is -0.125. The van der Waals surface area contributed by atoms with E-state index in [-0.39, 0.29) is 5.91 Å². The number of nitrogens with two attached hydrogens (primary N) is 1. The van der Waals surface area contributed by atoms with Crippen LogP contribution in [-0.2, 0) is 4.79 Å². The molecule has 0 saturated heterocycles. The van der Waals surface area contributed by atoms with Crippen molar-refractivity contribution in [3.8, 4) is 12.3 Å². The third-order valence-electron chi connectivity index (χ3n) is 1.97. The first-order chi connectivity index (χ1) is 6.54. The number of carbonyl (C=O) groups is 1. The second-order valence-corrected chi connectivity index (χ2v) is 4.39. The van der Waals surface area contributed by atoms with E-state index in [1.54, 1.807) is 18.7 Å². The second-order valence-electron chi connectivity index (χ2n) is 3.28. The molecular weight excluding hydrogens is 196 g/mol. The summed E-state index contributed by atoms with van der Waals surface area (Å²) in [6.45, 7) is 4.25. The molecule has 0 saturated carbocycles. The maximum atomic E-state index is 11.4. The third-order valence-corrected chi connectivity index (χ3v) is 2.83. The molecule has 4 heteroatoms. The molecule has 0 radical (unpaired) electrons. The summed E-state index contributed by atoms with van der Waals surface area (Å²) in [6, 6.07) is 0. The Morgan fingerprint density at radius 2 is 2.36 bits per heavy atom. The predicted molar refractivity (Wildman–Crippen MR) is 62.1 cm³/mol. The van der Waals surface area contributed by atoms with Crippen LogP contribution in [0.4, 0.5) is 0 Å². The lowest BCUT2D eigenvalue weighted by Crippen LogP contribution is -2.51. The minimum Gasteiger partial charge on any atom is -0.354 e. The van der Waals surface area contributed by atoms with Gasteiger partial charge in [-0.25, -0.2) is 0 Å². The monoisotopic (exact) mass is 214 g/mol. The minimum atomic E-state index is -0.753. The van der Waals surface area contributed by atoms with Crippen LogP contribution >= 0.6 is 11.8 Å². The van der Waals surface area contributed by atoms with E-state index >= 15 is 0 Å². The van der Waals surface area contributed by atoms with Crippen LogP contribution in [0.15, 0.2) is 0 Å². The van der Waals surface area contributed by atoms with E-state index < -0.39 is 5.54 Å². The SMILES string of the molecule is C#CCSCCNC(=O)C(C)(N)CC. The number of hydrogen-bond acceptors (Lipinski definition) is 3. The van der Waals surface area contributed by atoms with Gasteiger partial charge in [0, 0.05) is 12.3 Å². The summed E-state index contributed by atoms with van der Waals surface area (Å²) in [4.78, 5) is 11.4. The molecule has 1 amide bonds. The maximum absolute atomic E-state index is 11.4. The zero-order chi connectivity index (χ0) is 11.0. The fraction of sp³-hybridized carbons (Fsp3) is 0.700. The molecule has 0 spiro atoms. The first-order valence-electron chi connectivity index (χ1n) is 4.63. The highest BCUT2D eigenvalue weighted by molar-refractivity contribution is 7.99. The normalized spacial score (nSPS) is 14.1. The Labute approximate surface area is 90.2 Å². The van der Waals surface area contributed by atoms with Gasteiger partial charge < -0.3 is 11.1 Å². The van der Waals surface area contributed by atoms with Crippen molar-refractivity contribution in [1.82, 2.24) is 5.32 Å². The van der Waals surface area contributed by atoms with E-state index in [4.69, 9.17) is 12.2 Å². The fourth-order valence-electron chi connectivity index (χ4n) is 0.730. The molecule has 0 aliphatic carbocycles. The topological polar surface area (TPSA) is 55.1 Å². The van der Waals surface area contributed by atoms with Crippen LogP contribution in [0.5, 0.6) is 0 Å². The van der Waals surface area contributed by atoms with Crippen molar-refractivity contribution in [1.29, 1.82) is 0 Å². The number of hydrogen-bond donors (Lipinski definition) is 2. The molecule has 3 nitrogen and oxygen atoms in total. The summed E-state index contributed by atoms with van der Waals surface area (Å²) >= 11 is 1.62. The molecule has 1 atom stereocenters. The molecule has 0 aromatic heterocycles. The highest BCUT2D eigenvalue weighted by Gasteiger charge is 2.24. The Morgan fingerprint density at radius 1 is 1.71 bits per heavy atom. The van der Waals surface area contributed by atoms with Gasteiger partial charge in [-0.2, -0.15) is 0 Å². The number of terminal acetylenes is 1. The smallest absolute Gasteiger partial charge is 0.239 e. The summed E-state index contributed by atoms with van der Waals surface area (Å²) in [5.74, 6) is 3.94. The van der Waals surface area contributed by atoms with Gasteiger partial charge in [-0.15, -0.1) is 18.2 Å². The molecule has 0 bridgehead atoms.